The summed E-state index contributed by atoms with van der Waals surface area (Å²) in [6, 6.07) is 9.09. The third-order valence-corrected chi connectivity index (χ3v) is 6.45. The molecule has 2 aromatic rings. The lowest BCUT2D eigenvalue weighted by Crippen LogP contribution is -2.49. The smallest absolute Gasteiger partial charge is 0.407 e. The van der Waals surface area contributed by atoms with Crippen molar-refractivity contribution in [2.24, 2.45) is 11.3 Å². The van der Waals surface area contributed by atoms with Crippen LogP contribution in [0.3, 0.4) is 0 Å². The highest BCUT2D eigenvalue weighted by Gasteiger charge is 2.50. The summed E-state index contributed by atoms with van der Waals surface area (Å²) < 4.78 is 2.34. The van der Waals surface area contributed by atoms with Crippen LogP contribution in [0.25, 0.3) is 11.3 Å². The molecule has 5 rings (SSSR count). The third-order valence-electron chi connectivity index (χ3n) is 6.45. The monoisotopic (exact) mass is 323 g/mol. The molecule has 24 heavy (non-hydrogen) atoms. The quantitative estimate of drug-likeness (QED) is 0.872. The highest BCUT2D eigenvalue weighted by molar-refractivity contribution is 5.69. The summed E-state index contributed by atoms with van der Waals surface area (Å²) in [6.07, 6.45) is 7.61. The van der Waals surface area contributed by atoms with E-state index >= 15 is 0 Å². The lowest BCUT2D eigenvalue weighted by atomic mass is 9.55. The fraction of sp³-hybridized carbons (Fsp3) is 0.474. The van der Waals surface area contributed by atoms with Gasteiger partial charge in [0, 0.05) is 18.7 Å². The molecular formula is C19H21N3O2. The zero-order valence-electron chi connectivity index (χ0n) is 13.6. The summed E-state index contributed by atoms with van der Waals surface area (Å²) in [4.78, 5) is 17.0. The number of nitrogens with zero attached hydrogens (tertiary/aromatic N) is 3. The summed E-state index contributed by atoms with van der Waals surface area (Å²) in [5.74, 6) is 0.637. The van der Waals surface area contributed by atoms with Crippen LogP contribution in [0.15, 0.2) is 36.8 Å². The molecule has 1 amide bonds. The Morgan fingerprint density at radius 2 is 1.96 bits per heavy atom. The number of hydrogen-bond donors (Lipinski definition) is 1. The van der Waals surface area contributed by atoms with Crippen LogP contribution in [0.1, 0.15) is 37.3 Å². The van der Waals surface area contributed by atoms with Gasteiger partial charge in [-0.15, -0.1) is 0 Å². The predicted octanol–water partition coefficient (Wildman–Crippen LogP) is 3.62. The Balaban J connectivity index is 1.36. The lowest BCUT2D eigenvalue weighted by Gasteiger charge is -2.53. The average Bonchev–Trinajstić information content (AvgIpc) is 3.13. The molecule has 124 valence electrons. The average molecular weight is 323 g/mol. The maximum absolute atomic E-state index is 11.1. The number of piperidine rings is 1. The van der Waals surface area contributed by atoms with Crippen LogP contribution < -0.4 is 0 Å². The number of aromatic nitrogens is 2. The molecule has 3 aliphatic rings. The van der Waals surface area contributed by atoms with E-state index in [0.29, 0.717) is 30.5 Å². The van der Waals surface area contributed by atoms with E-state index in [0.717, 1.165) is 12.8 Å². The Kier molecular flexibility index (Phi) is 2.84. The molecule has 3 heterocycles. The normalized spacial score (nSPS) is 24.5. The molecule has 0 bridgehead atoms. The summed E-state index contributed by atoms with van der Waals surface area (Å²) in [6.45, 7) is 1.39. The van der Waals surface area contributed by atoms with Gasteiger partial charge in [0.05, 0.1) is 24.3 Å². The van der Waals surface area contributed by atoms with Gasteiger partial charge in [-0.1, -0.05) is 24.3 Å². The first kappa shape index (κ1) is 14.1. The van der Waals surface area contributed by atoms with Crippen LogP contribution in [-0.2, 0) is 0 Å². The molecule has 1 spiro atoms. The Labute approximate surface area is 140 Å². The van der Waals surface area contributed by atoms with E-state index in [1.165, 1.54) is 29.7 Å². The number of amides is 1. The molecule has 1 aromatic carbocycles. The van der Waals surface area contributed by atoms with Crippen LogP contribution in [0, 0.1) is 11.3 Å². The van der Waals surface area contributed by atoms with Crippen molar-refractivity contribution in [2.75, 3.05) is 13.1 Å². The Hall–Kier alpha value is -2.30. The second kappa shape index (κ2) is 4.85. The van der Waals surface area contributed by atoms with E-state index < -0.39 is 6.09 Å². The molecule has 1 saturated carbocycles. The van der Waals surface area contributed by atoms with Crippen LogP contribution in [0.4, 0.5) is 4.79 Å². The molecule has 1 aromatic heterocycles. The van der Waals surface area contributed by atoms with E-state index in [4.69, 9.17) is 5.11 Å². The standard InChI is InChI=1S/C19H21N3O2/c23-18(24)21-7-5-19(6-8-21)9-13(10-19)17-15-4-2-1-3-14(15)16-11-20-12-22(16)17/h1-4,11-13,17H,5-10H2,(H,23,24). The molecule has 0 radical (unpaired) electrons. The Bertz CT molecular complexity index is 796. The maximum Gasteiger partial charge on any atom is 0.407 e. The Morgan fingerprint density at radius 3 is 2.71 bits per heavy atom. The van der Waals surface area contributed by atoms with Crippen molar-refractivity contribution in [2.45, 2.75) is 31.7 Å². The number of imidazole rings is 1. The van der Waals surface area contributed by atoms with Gasteiger partial charge in [-0.2, -0.15) is 0 Å². The molecule has 1 aliphatic carbocycles. The Morgan fingerprint density at radius 1 is 1.21 bits per heavy atom. The van der Waals surface area contributed by atoms with Crippen molar-refractivity contribution in [3.8, 4) is 11.3 Å². The molecule has 1 saturated heterocycles. The number of carboxylic acid groups (broad SMARTS) is 1. The summed E-state index contributed by atoms with van der Waals surface area (Å²) >= 11 is 0. The van der Waals surface area contributed by atoms with E-state index in [-0.39, 0.29) is 0 Å². The van der Waals surface area contributed by atoms with Crippen molar-refractivity contribution >= 4 is 6.09 Å². The molecule has 2 aliphatic heterocycles. The van der Waals surface area contributed by atoms with E-state index in [1.54, 1.807) is 4.90 Å². The fourth-order valence-corrected chi connectivity index (χ4v) is 5.21. The van der Waals surface area contributed by atoms with Gasteiger partial charge in [-0.05, 0) is 42.6 Å². The van der Waals surface area contributed by atoms with Gasteiger partial charge in [0.1, 0.15) is 0 Å². The molecule has 1 atom stereocenters. The van der Waals surface area contributed by atoms with Gasteiger partial charge in [-0.3, -0.25) is 0 Å². The second-order valence-corrected chi connectivity index (χ2v) is 7.66. The minimum atomic E-state index is -0.770. The van der Waals surface area contributed by atoms with Crippen molar-refractivity contribution in [3.63, 3.8) is 0 Å². The zero-order chi connectivity index (χ0) is 16.3. The molecule has 1 N–H and O–H groups in total. The number of fused-ring (bicyclic) bond motifs is 3. The highest BCUT2D eigenvalue weighted by Crippen LogP contribution is 2.59. The van der Waals surface area contributed by atoms with Crippen LogP contribution >= 0.6 is 0 Å². The van der Waals surface area contributed by atoms with Crippen LogP contribution in [0.5, 0.6) is 0 Å². The summed E-state index contributed by atoms with van der Waals surface area (Å²) in [5.41, 5.74) is 4.35. The van der Waals surface area contributed by atoms with Crippen molar-refractivity contribution in [1.29, 1.82) is 0 Å². The summed E-state index contributed by atoms with van der Waals surface area (Å²) in [7, 11) is 0. The topological polar surface area (TPSA) is 58.4 Å². The fourth-order valence-electron chi connectivity index (χ4n) is 5.21. The van der Waals surface area contributed by atoms with Crippen molar-refractivity contribution in [1.82, 2.24) is 14.5 Å². The predicted molar refractivity (Wildman–Crippen MR) is 89.8 cm³/mol. The van der Waals surface area contributed by atoms with E-state index in [1.807, 2.05) is 12.5 Å². The zero-order valence-corrected chi connectivity index (χ0v) is 13.6. The molecule has 5 heteroatoms. The van der Waals surface area contributed by atoms with Gasteiger partial charge in [0.15, 0.2) is 0 Å². The minimum Gasteiger partial charge on any atom is -0.465 e. The number of hydrogen-bond acceptors (Lipinski definition) is 2. The minimum absolute atomic E-state index is 0.370. The maximum atomic E-state index is 11.1. The first-order chi connectivity index (χ1) is 11.7. The molecular weight excluding hydrogens is 302 g/mol. The largest absolute Gasteiger partial charge is 0.465 e. The molecule has 5 nitrogen and oxygen atoms in total. The summed E-state index contributed by atoms with van der Waals surface area (Å²) in [5, 5.41) is 9.13. The third kappa shape index (κ3) is 1.87. The van der Waals surface area contributed by atoms with Gasteiger partial charge in [-0.25, -0.2) is 9.78 Å². The number of rotatable bonds is 1. The van der Waals surface area contributed by atoms with Gasteiger partial charge < -0.3 is 14.6 Å². The number of likely N-dealkylation sites (tertiary alicyclic amines) is 1. The van der Waals surface area contributed by atoms with Crippen LogP contribution in [-0.4, -0.2) is 38.7 Å². The van der Waals surface area contributed by atoms with Gasteiger partial charge in [0.2, 0.25) is 0 Å². The highest BCUT2D eigenvalue weighted by atomic mass is 16.4. The van der Waals surface area contributed by atoms with Gasteiger partial charge in [0.25, 0.3) is 0 Å². The van der Waals surface area contributed by atoms with E-state index in [9.17, 15) is 4.79 Å². The second-order valence-electron chi connectivity index (χ2n) is 7.66. The first-order valence-corrected chi connectivity index (χ1v) is 8.76. The SMILES string of the molecule is O=C(O)N1CCC2(CC1)CC(C1c3ccccc3-c3cncn31)C2. The molecule has 2 fully saturated rings. The first-order valence-electron chi connectivity index (χ1n) is 8.76. The van der Waals surface area contributed by atoms with Crippen LogP contribution in [0.2, 0.25) is 0 Å². The number of benzene rings is 1. The molecule has 1 unspecified atom stereocenters. The lowest BCUT2D eigenvalue weighted by molar-refractivity contribution is -0.0224. The number of carbonyl (C=O) groups is 1. The van der Waals surface area contributed by atoms with Gasteiger partial charge >= 0.3 is 6.09 Å². The van der Waals surface area contributed by atoms with E-state index in [2.05, 4.69) is 33.8 Å². The van der Waals surface area contributed by atoms with Crippen molar-refractivity contribution < 1.29 is 9.90 Å². The van der Waals surface area contributed by atoms with Crippen molar-refractivity contribution in [3.05, 3.63) is 42.4 Å².